The minimum Gasteiger partial charge on any atom is -0.326 e. The molecule has 0 atom stereocenters. The summed E-state index contributed by atoms with van der Waals surface area (Å²) < 4.78 is 0. The number of urea groups is 1. The number of amides is 3. The Labute approximate surface area is 124 Å². The molecule has 0 radical (unpaired) electrons. The van der Waals surface area contributed by atoms with Crippen molar-refractivity contribution in [1.82, 2.24) is 5.32 Å². The van der Waals surface area contributed by atoms with Gasteiger partial charge in [-0.25, -0.2) is 9.69 Å². The largest absolute Gasteiger partial charge is 0.329 e. The van der Waals surface area contributed by atoms with Crippen molar-refractivity contribution >= 4 is 17.6 Å². The van der Waals surface area contributed by atoms with E-state index in [4.69, 9.17) is 5.73 Å². The summed E-state index contributed by atoms with van der Waals surface area (Å²) in [5.74, 6) is -0.102. The molecule has 1 aliphatic heterocycles. The lowest BCUT2D eigenvalue weighted by Crippen LogP contribution is -2.46. The number of hydrogen-bond acceptors (Lipinski definition) is 3. The number of carbonyl (C=O) groups excluding carboxylic acids is 2. The number of hydrogen-bond donors (Lipinski definition) is 2. The zero-order valence-corrected chi connectivity index (χ0v) is 12.1. The van der Waals surface area contributed by atoms with Gasteiger partial charge in [-0.1, -0.05) is 37.8 Å². The van der Waals surface area contributed by atoms with Gasteiger partial charge in [0, 0.05) is 6.54 Å². The predicted octanol–water partition coefficient (Wildman–Crippen LogP) is 2.29. The number of nitrogens with one attached hydrogen (secondary N) is 1. The van der Waals surface area contributed by atoms with Crippen LogP contribution in [0.4, 0.5) is 10.5 Å². The Morgan fingerprint density at radius 1 is 1.05 bits per heavy atom. The molecule has 1 aromatic carbocycles. The first-order valence-corrected chi connectivity index (χ1v) is 7.62. The van der Waals surface area contributed by atoms with E-state index in [1.807, 2.05) is 12.1 Å². The lowest BCUT2D eigenvalue weighted by Gasteiger charge is -2.24. The highest BCUT2D eigenvalue weighted by Gasteiger charge is 2.51. The Hall–Kier alpha value is -1.88. The Kier molecular flexibility index (Phi) is 3.68. The number of nitrogens with two attached hydrogens (primary N) is 1. The van der Waals surface area contributed by atoms with Crippen molar-refractivity contribution in [3.05, 3.63) is 29.8 Å². The van der Waals surface area contributed by atoms with Crippen molar-refractivity contribution in [2.24, 2.45) is 5.73 Å². The molecule has 112 valence electrons. The summed E-state index contributed by atoms with van der Waals surface area (Å²) in [6, 6.07) is 6.98. The van der Waals surface area contributed by atoms with Crippen molar-refractivity contribution in [3.8, 4) is 0 Å². The van der Waals surface area contributed by atoms with Gasteiger partial charge >= 0.3 is 6.03 Å². The molecule has 21 heavy (non-hydrogen) atoms. The van der Waals surface area contributed by atoms with Gasteiger partial charge < -0.3 is 11.1 Å². The maximum absolute atomic E-state index is 12.8. The highest BCUT2D eigenvalue weighted by Crippen LogP contribution is 2.34. The van der Waals surface area contributed by atoms with Crippen LogP contribution in [0.15, 0.2) is 24.3 Å². The van der Waals surface area contributed by atoms with Gasteiger partial charge in [0.1, 0.15) is 5.54 Å². The monoisotopic (exact) mass is 287 g/mol. The number of nitrogens with zero attached hydrogens (tertiary/aromatic N) is 1. The maximum atomic E-state index is 12.8. The average molecular weight is 287 g/mol. The summed E-state index contributed by atoms with van der Waals surface area (Å²) >= 11 is 0. The van der Waals surface area contributed by atoms with Gasteiger partial charge in [-0.05, 0) is 30.5 Å². The van der Waals surface area contributed by atoms with Gasteiger partial charge in [-0.2, -0.15) is 0 Å². The van der Waals surface area contributed by atoms with Crippen molar-refractivity contribution in [2.45, 2.75) is 50.6 Å². The Morgan fingerprint density at radius 3 is 2.24 bits per heavy atom. The van der Waals surface area contributed by atoms with Crippen LogP contribution in [0.5, 0.6) is 0 Å². The predicted molar refractivity (Wildman–Crippen MR) is 80.8 cm³/mol. The third-order valence-corrected chi connectivity index (χ3v) is 4.55. The molecule has 5 nitrogen and oxygen atoms in total. The number of anilines is 1. The summed E-state index contributed by atoms with van der Waals surface area (Å²) in [5, 5.41) is 2.95. The van der Waals surface area contributed by atoms with E-state index in [2.05, 4.69) is 5.32 Å². The lowest BCUT2D eigenvalue weighted by atomic mass is 9.90. The van der Waals surface area contributed by atoms with Crippen LogP contribution >= 0.6 is 0 Å². The number of rotatable bonds is 2. The van der Waals surface area contributed by atoms with E-state index in [0.717, 1.165) is 44.1 Å². The van der Waals surface area contributed by atoms with E-state index < -0.39 is 5.54 Å². The summed E-state index contributed by atoms with van der Waals surface area (Å²) in [4.78, 5) is 26.4. The molecule has 1 heterocycles. The molecule has 5 heteroatoms. The van der Waals surface area contributed by atoms with Crippen LogP contribution in [0.2, 0.25) is 0 Å². The Bertz CT molecular complexity index is 545. The molecule has 0 aromatic heterocycles. The van der Waals surface area contributed by atoms with Crippen molar-refractivity contribution in [2.75, 3.05) is 4.90 Å². The van der Waals surface area contributed by atoms with Crippen molar-refractivity contribution < 1.29 is 9.59 Å². The van der Waals surface area contributed by atoms with Gasteiger partial charge in [-0.3, -0.25) is 4.79 Å². The average Bonchev–Trinajstić information content (AvgIpc) is 2.67. The Balaban J connectivity index is 1.89. The first-order valence-electron chi connectivity index (χ1n) is 7.62. The van der Waals surface area contributed by atoms with Gasteiger partial charge in [0.15, 0.2) is 0 Å². The van der Waals surface area contributed by atoms with Crippen LogP contribution in [0, 0.1) is 0 Å². The minimum absolute atomic E-state index is 0.102. The van der Waals surface area contributed by atoms with Crippen LogP contribution < -0.4 is 16.0 Å². The van der Waals surface area contributed by atoms with E-state index in [-0.39, 0.29) is 11.9 Å². The van der Waals surface area contributed by atoms with E-state index >= 15 is 0 Å². The topological polar surface area (TPSA) is 75.4 Å². The lowest BCUT2D eigenvalue weighted by molar-refractivity contribution is -0.122. The van der Waals surface area contributed by atoms with Crippen molar-refractivity contribution in [3.63, 3.8) is 0 Å². The molecule has 3 N–H and O–H groups in total. The molecule has 1 saturated heterocycles. The molecule has 1 aromatic rings. The fraction of sp³-hybridized carbons (Fsp3) is 0.500. The molecule has 2 aliphatic rings. The molecular formula is C16H21N3O2. The number of imide groups is 1. The first-order chi connectivity index (χ1) is 10.2. The SMILES string of the molecule is NCc1ccc(N2C(=O)NC3(CCCCCC3)C2=O)cc1. The van der Waals surface area contributed by atoms with Crippen LogP contribution in [-0.4, -0.2) is 17.5 Å². The van der Waals surface area contributed by atoms with Crippen LogP contribution in [0.3, 0.4) is 0 Å². The molecule has 3 amide bonds. The normalized spacial score (nSPS) is 21.5. The third kappa shape index (κ3) is 2.42. The van der Waals surface area contributed by atoms with E-state index in [1.54, 1.807) is 12.1 Å². The quantitative estimate of drug-likeness (QED) is 0.819. The fourth-order valence-corrected chi connectivity index (χ4v) is 3.31. The van der Waals surface area contributed by atoms with Gasteiger partial charge in [0.2, 0.25) is 0 Å². The second-order valence-electron chi connectivity index (χ2n) is 5.94. The highest BCUT2D eigenvalue weighted by molar-refractivity contribution is 6.23. The summed E-state index contributed by atoms with van der Waals surface area (Å²) in [7, 11) is 0. The molecule has 1 aliphatic carbocycles. The molecule has 2 fully saturated rings. The van der Waals surface area contributed by atoms with E-state index in [9.17, 15) is 9.59 Å². The van der Waals surface area contributed by atoms with Gasteiger partial charge in [0.05, 0.1) is 5.69 Å². The molecule has 1 spiro atoms. The molecule has 0 unspecified atom stereocenters. The second-order valence-corrected chi connectivity index (χ2v) is 5.94. The molecule has 1 saturated carbocycles. The standard InChI is InChI=1S/C16H21N3O2/c17-11-12-5-7-13(8-6-12)19-14(20)16(18-15(19)21)9-3-1-2-4-10-16/h5-8H,1-4,9-11,17H2,(H,18,21). The molecule has 0 bridgehead atoms. The minimum atomic E-state index is -0.680. The Morgan fingerprint density at radius 2 is 1.67 bits per heavy atom. The fourth-order valence-electron chi connectivity index (χ4n) is 3.31. The van der Waals surface area contributed by atoms with Crippen LogP contribution in [0.1, 0.15) is 44.1 Å². The van der Waals surface area contributed by atoms with Crippen LogP contribution in [-0.2, 0) is 11.3 Å². The third-order valence-electron chi connectivity index (χ3n) is 4.55. The maximum Gasteiger partial charge on any atom is 0.329 e. The molecular weight excluding hydrogens is 266 g/mol. The van der Waals surface area contributed by atoms with E-state index in [0.29, 0.717) is 12.2 Å². The van der Waals surface area contributed by atoms with Gasteiger partial charge in [0.25, 0.3) is 5.91 Å². The smallest absolute Gasteiger partial charge is 0.326 e. The first kappa shape index (κ1) is 14.1. The second kappa shape index (κ2) is 5.48. The number of benzene rings is 1. The number of carbonyl (C=O) groups is 2. The zero-order chi connectivity index (χ0) is 14.9. The van der Waals surface area contributed by atoms with Gasteiger partial charge in [-0.15, -0.1) is 0 Å². The highest BCUT2D eigenvalue weighted by atomic mass is 16.2. The van der Waals surface area contributed by atoms with Crippen LogP contribution in [0.25, 0.3) is 0 Å². The zero-order valence-electron chi connectivity index (χ0n) is 12.1. The molecule has 3 rings (SSSR count). The van der Waals surface area contributed by atoms with Crippen molar-refractivity contribution in [1.29, 1.82) is 0 Å². The summed E-state index contributed by atoms with van der Waals surface area (Å²) in [6.07, 6.45) is 5.74. The summed E-state index contributed by atoms with van der Waals surface area (Å²) in [6.45, 7) is 0.449. The van der Waals surface area contributed by atoms with E-state index in [1.165, 1.54) is 4.90 Å². The summed E-state index contributed by atoms with van der Waals surface area (Å²) in [5.41, 5.74) is 6.50.